The molecule has 1 saturated heterocycles. The van der Waals surface area contributed by atoms with Crippen molar-refractivity contribution in [1.82, 2.24) is 18.7 Å². The molecule has 5 rings (SSSR count). The Bertz CT molecular complexity index is 1400. The van der Waals surface area contributed by atoms with Crippen LogP contribution in [-0.2, 0) is 26.6 Å². The second-order valence-electron chi connectivity index (χ2n) is 9.04. The molecule has 1 aliphatic heterocycles. The zero-order valence-electron chi connectivity index (χ0n) is 19.4. The van der Waals surface area contributed by atoms with Crippen molar-refractivity contribution >= 4 is 17.1 Å². The van der Waals surface area contributed by atoms with Crippen molar-refractivity contribution in [2.75, 3.05) is 18.0 Å². The molecule has 0 saturated carbocycles. The summed E-state index contributed by atoms with van der Waals surface area (Å²) in [4.78, 5) is 33.6. The number of nitrogens with two attached hydrogens (primary N) is 1. The highest BCUT2D eigenvalue weighted by molar-refractivity contribution is 5.75. The summed E-state index contributed by atoms with van der Waals surface area (Å²) < 4.78 is 4.80. The number of imidazole rings is 1. The van der Waals surface area contributed by atoms with Gasteiger partial charge in [0.25, 0.3) is 5.56 Å². The molecule has 0 radical (unpaired) electrons. The van der Waals surface area contributed by atoms with Gasteiger partial charge in [-0.1, -0.05) is 60.7 Å². The lowest BCUT2D eigenvalue weighted by Gasteiger charge is -2.31. The monoisotopic (exact) mass is 458 g/mol. The molecule has 1 unspecified atom stereocenters. The van der Waals surface area contributed by atoms with Crippen molar-refractivity contribution in [3.05, 3.63) is 92.6 Å². The van der Waals surface area contributed by atoms with Gasteiger partial charge in [0.05, 0.1) is 6.54 Å². The maximum absolute atomic E-state index is 13.4. The minimum atomic E-state index is -0.348. The van der Waals surface area contributed by atoms with Gasteiger partial charge in [-0.15, -0.1) is 0 Å². The fraction of sp³-hybridized carbons (Fsp3) is 0.346. The van der Waals surface area contributed by atoms with Gasteiger partial charge in [0, 0.05) is 32.7 Å². The molecule has 1 aliphatic rings. The average Bonchev–Trinajstić information content (AvgIpc) is 3.23. The molecule has 176 valence electrons. The van der Waals surface area contributed by atoms with E-state index in [1.807, 2.05) is 65.2 Å². The first kappa shape index (κ1) is 22.2. The highest BCUT2D eigenvalue weighted by Gasteiger charge is 2.26. The fourth-order valence-corrected chi connectivity index (χ4v) is 4.78. The van der Waals surface area contributed by atoms with Gasteiger partial charge in [0.2, 0.25) is 5.95 Å². The number of piperidine rings is 1. The number of aryl methyl sites for hydroxylation is 2. The molecule has 2 N–H and O–H groups in total. The van der Waals surface area contributed by atoms with Crippen molar-refractivity contribution in [2.24, 2.45) is 12.8 Å². The summed E-state index contributed by atoms with van der Waals surface area (Å²) in [7, 11) is 1.54. The Hall–Kier alpha value is -3.65. The summed E-state index contributed by atoms with van der Waals surface area (Å²) in [5, 5.41) is 0. The van der Waals surface area contributed by atoms with Gasteiger partial charge in [0.15, 0.2) is 11.2 Å². The second-order valence-corrected chi connectivity index (χ2v) is 9.04. The van der Waals surface area contributed by atoms with Crippen molar-refractivity contribution in [2.45, 2.75) is 38.4 Å². The van der Waals surface area contributed by atoms with Gasteiger partial charge >= 0.3 is 5.69 Å². The minimum Gasteiger partial charge on any atom is -0.341 e. The standard InChI is InChI=1S/C26H30N6O2/c1-29-24(33)22-23(31(26(29)34)16-14-19-9-4-2-5-10-19)28-25(30-15-8-13-21(27)18-30)32(22)17-20-11-6-3-7-12-20/h2-7,9-12,21H,8,13-18,27H2,1H3. The molecular formula is C26H30N6O2. The van der Waals surface area contributed by atoms with Crippen LogP contribution in [0.2, 0.25) is 0 Å². The molecule has 2 aromatic heterocycles. The van der Waals surface area contributed by atoms with E-state index in [1.54, 1.807) is 11.6 Å². The third-order valence-electron chi connectivity index (χ3n) is 6.60. The first-order chi connectivity index (χ1) is 16.5. The first-order valence-corrected chi connectivity index (χ1v) is 11.8. The van der Waals surface area contributed by atoms with Crippen LogP contribution in [0.1, 0.15) is 24.0 Å². The molecule has 3 heterocycles. The third-order valence-corrected chi connectivity index (χ3v) is 6.60. The van der Waals surface area contributed by atoms with E-state index in [4.69, 9.17) is 10.7 Å². The molecule has 0 amide bonds. The van der Waals surface area contributed by atoms with Gasteiger partial charge in [-0.3, -0.25) is 18.5 Å². The number of aromatic nitrogens is 4. The molecular weight excluding hydrogens is 428 g/mol. The van der Waals surface area contributed by atoms with E-state index in [1.165, 1.54) is 4.57 Å². The summed E-state index contributed by atoms with van der Waals surface area (Å²) in [5.41, 5.74) is 8.69. The summed E-state index contributed by atoms with van der Waals surface area (Å²) in [6.45, 7) is 2.42. The molecule has 8 heteroatoms. The van der Waals surface area contributed by atoms with Gasteiger partial charge in [-0.05, 0) is 30.4 Å². The van der Waals surface area contributed by atoms with Crippen LogP contribution in [0.4, 0.5) is 5.95 Å². The summed E-state index contributed by atoms with van der Waals surface area (Å²) >= 11 is 0. The lowest BCUT2D eigenvalue weighted by atomic mass is 10.1. The third kappa shape index (κ3) is 4.17. The van der Waals surface area contributed by atoms with Crippen LogP contribution in [0.3, 0.4) is 0 Å². The van der Waals surface area contributed by atoms with E-state index in [2.05, 4.69) is 4.90 Å². The van der Waals surface area contributed by atoms with E-state index in [-0.39, 0.29) is 17.3 Å². The van der Waals surface area contributed by atoms with Crippen molar-refractivity contribution in [3.8, 4) is 0 Å². The molecule has 8 nitrogen and oxygen atoms in total. The molecule has 1 atom stereocenters. The van der Waals surface area contributed by atoms with Gasteiger partial charge in [-0.2, -0.15) is 4.98 Å². The molecule has 2 aromatic carbocycles. The topological polar surface area (TPSA) is 91.1 Å². The lowest BCUT2D eigenvalue weighted by molar-refractivity contribution is 0.495. The number of rotatable bonds is 6. The Morgan fingerprint density at radius 3 is 2.32 bits per heavy atom. The van der Waals surface area contributed by atoms with E-state index < -0.39 is 0 Å². The van der Waals surface area contributed by atoms with E-state index in [0.29, 0.717) is 43.2 Å². The molecule has 4 aromatic rings. The van der Waals surface area contributed by atoms with Crippen LogP contribution in [0.5, 0.6) is 0 Å². The number of benzene rings is 2. The number of anilines is 1. The van der Waals surface area contributed by atoms with Crippen LogP contribution >= 0.6 is 0 Å². The fourth-order valence-electron chi connectivity index (χ4n) is 4.78. The predicted octanol–water partition coefficient (Wildman–Crippen LogP) is 2.12. The molecule has 0 aliphatic carbocycles. The van der Waals surface area contributed by atoms with E-state index in [9.17, 15) is 9.59 Å². The molecule has 1 fully saturated rings. The van der Waals surface area contributed by atoms with Gasteiger partial charge in [-0.25, -0.2) is 4.79 Å². The minimum absolute atomic E-state index is 0.0573. The van der Waals surface area contributed by atoms with E-state index >= 15 is 0 Å². The van der Waals surface area contributed by atoms with Crippen LogP contribution in [0, 0.1) is 0 Å². The number of hydrogen-bond acceptors (Lipinski definition) is 5. The number of hydrogen-bond donors (Lipinski definition) is 1. The Balaban J connectivity index is 1.68. The highest BCUT2D eigenvalue weighted by atomic mass is 16.2. The Morgan fingerprint density at radius 2 is 1.65 bits per heavy atom. The SMILES string of the molecule is Cn1c(=O)c2c(nc(N3CCCC(N)C3)n2Cc2ccccc2)n(CCc2ccccc2)c1=O. The summed E-state index contributed by atoms with van der Waals surface area (Å²) in [6.07, 6.45) is 2.61. The number of nitrogens with zero attached hydrogens (tertiary/aromatic N) is 5. The van der Waals surface area contributed by atoms with E-state index in [0.717, 1.165) is 30.5 Å². The first-order valence-electron chi connectivity index (χ1n) is 11.8. The maximum Gasteiger partial charge on any atom is 0.332 e. The smallest absolute Gasteiger partial charge is 0.332 e. The Kier molecular flexibility index (Phi) is 6.06. The van der Waals surface area contributed by atoms with Crippen LogP contribution in [0.15, 0.2) is 70.3 Å². The van der Waals surface area contributed by atoms with Crippen molar-refractivity contribution in [1.29, 1.82) is 0 Å². The summed E-state index contributed by atoms with van der Waals surface area (Å²) in [6, 6.07) is 20.1. The van der Waals surface area contributed by atoms with Crippen molar-refractivity contribution in [3.63, 3.8) is 0 Å². The Morgan fingerprint density at radius 1 is 0.971 bits per heavy atom. The normalized spacial score (nSPS) is 16.3. The number of fused-ring (bicyclic) bond motifs is 1. The van der Waals surface area contributed by atoms with Gasteiger partial charge < -0.3 is 10.6 Å². The van der Waals surface area contributed by atoms with Crippen molar-refractivity contribution < 1.29 is 0 Å². The predicted molar refractivity (Wildman–Crippen MR) is 134 cm³/mol. The lowest BCUT2D eigenvalue weighted by Crippen LogP contribution is -2.44. The molecule has 34 heavy (non-hydrogen) atoms. The highest BCUT2D eigenvalue weighted by Crippen LogP contribution is 2.24. The van der Waals surface area contributed by atoms with Crippen LogP contribution in [0.25, 0.3) is 11.2 Å². The summed E-state index contributed by atoms with van der Waals surface area (Å²) in [5.74, 6) is 0.699. The quantitative estimate of drug-likeness (QED) is 0.478. The van der Waals surface area contributed by atoms with Gasteiger partial charge in [0.1, 0.15) is 0 Å². The second kappa shape index (κ2) is 9.30. The zero-order chi connectivity index (χ0) is 23.7. The average molecular weight is 459 g/mol. The largest absolute Gasteiger partial charge is 0.341 e. The Labute approximate surface area is 197 Å². The van der Waals surface area contributed by atoms with Crippen LogP contribution < -0.4 is 21.9 Å². The maximum atomic E-state index is 13.4. The zero-order valence-corrected chi connectivity index (χ0v) is 19.4. The van der Waals surface area contributed by atoms with Crippen LogP contribution in [-0.4, -0.2) is 37.8 Å². The molecule has 0 bridgehead atoms. The molecule has 0 spiro atoms.